The van der Waals surface area contributed by atoms with Crippen LogP contribution in [0.5, 0.6) is 0 Å². The minimum absolute atomic E-state index is 0.000491. The van der Waals surface area contributed by atoms with Crippen LogP contribution < -0.4 is 11.1 Å². The summed E-state index contributed by atoms with van der Waals surface area (Å²) in [4.78, 5) is 25.1. The van der Waals surface area contributed by atoms with Gasteiger partial charge in [0.1, 0.15) is 0 Å². The number of amides is 3. The molecule has 7 heteroatoms. The number of fused-ring (bicyclic) bond motifs is 2. The smallest absolute Gasteiger partial charge is 0.312 e. The lowest BCUT2D eigenvalue weighted by Crippen LogP contribution is -2.38. The maximum absolute atomic E-state index is 12.5. The largest absolute Gasteiger partial charge is 0.352 e. The molecule has 2 aromatic carbocycles. The van der Waals surface area contributed by atoms with E-state index < -0.39 is 6.03 Å². The predicted octanol–water partition coefficient (Wildman–Crippen LogP) is 2.17. The number of carbonyl (C=O) groups is 2. The summed E-state index contributed by atoms with van der Waals surface area (Å²) >= 11 is 0. The summed E-state index contributed by atoms with van der Waals surface area (Å²) < 4.78 is 0. The number of nitrogens with zero attached hydrogens (tertiary/aromatic N) is 2. The highest BCUT2D eigenvalue weighted by molar-refractivity contribution is 5.96. The molecule has 27 heavy (non-hydrogen) atoms. The second-order valence-corrected chi connectivity index (χ2v) is 6.66. The Morgan fingerprint density at radius 3 is 2.85 bits per heavy atom. The third kappa shape index (κ3) is 3.36. The Morgan fingerprint density at radius 1 is 1.19 bits per heavy atom. The Bertz CT molecular complexity index is 1010. The molecule has 4 rings (SSSR count). The van der Waals surface area contributed by atoms with Crippen molar-refractivity contribution >= 4 is 22.7 Å². The molecule has 3 aromatic rings. The summed E-state index contributed by atoms with van der Waals surface area (Å²) in [5.41, 5.74) is 9.16. The van der Waals surface area contributed by atoms with Crippen molar-refractivity contribution in [3.63, 3.8) is 0 Å². The molecule has 7 nitrogen and oxygen atoms in total. The summed E-state index contributed by atoms with van der Waals surface area (Å²) in [6.45, 7) is 1.40. The number of hydrogen-bond acceptors (Lipinski definition) is 3. The number of benzene rings is 2. The maximum Gasteiger partial charge on any atom is 0.312 e. The predicted molar refractivity (Wildman–Crippen MR) is 103 cm³/mol. The highest BCUT2D eigenvalue weighted by Crippen LogP contribution is 2.33. The molecule has 138 valence electrons. The van der Waals surface area contributed by atoms with Crippen LogP contribution in [0, 0.1) is 0 Å². The second kappa shape index (κ2) is 7.11. The number of carbonyl (C=O) groups excluding carboxylic acids is 2. The zero-order valence-corrected chi connectivity index (χ0v) is 14.9. The topological polar surface area (TPSA) is 104 Å². The fraction of sp³-hybridized carbons (Fsp3) is 0.250. The van der Waals surface area contributed by atoms with E-state index in [4.69, 9.17) is 5.73 Å². The number of nitrogens with one attached hydrogen (secondary N) is 2. The summed E-state index contributed by atoms with van der Waals surface area (Å²) in [5.74, 6) is -0.000491. The molecule has 1 aliphatic heterocycles. The normalized spacial score (nSPS) is 13.4. The van der Waals surface area contributed by atoms with Crippen LogP contribution in [-0.2, 0) is 17.8 Å². The van der Waals surface area contributed by atoms with Gasteiger partial charge in [-0.25, -0.2) is 4.79 Å². The van der Waals surface area contributed by atoms with Crippen LogP contribution in [0.4, 0.5) is 4.79 Å². The van der Waals surface area contributed by atoms with Crippen molar-refractivity contribution in [3.8, 4) is 11.3 Å². The molecular formula is C20H21N5O2. The molecule has 0 fully saturated rings. The Hall–Kier alpha value is -3.35. The van der Waals surface area contributed by atoms with Gasteiger partial charge in [0.15, 0.2) is 0 Å². The zero-order chi connectivity index (χ0) is 18.8. The molecule has 1 aromatic heterocycles. The molecule has 0 atom stereocenters. The van der Waals surface area contributed by atoms with Crippen molar-refractivity contribution < 1.29 is 9.59 Å². The van der Waals surface area contributed by atoms with E-state index in [-0.39, 0.29) is 18.9 Å². The van der Waals surface area contributed by atoms with E-state index in [9.17, 15) is 9.59 Å². The van der Waals surface area contributed by atoms with Crippen molar-refractivity contribution in [2.75, 3.05) is 13.1 Å². The first-order valence-electron chi connectivity index (χ1n) is 8.99. The monoisotopic (exact) mass is 363 g/mol. The molecule has 2 heterocycles. The lowest BCUT2D eigenvalue weighted by molar-refractivity contribution is -0.131. The van der Waals surface area contributed by atoms with Gasteiger partial charge in [-0.15, -0.1) is 0 Å². The van der Waals surface area contributed by atoms with Crippen molar-refractivity contribution in [1.82, 2.24) is 20.4 Å². The van der Waals surface area contributed by atoms with Gasteiger partial charge >= 0.3 is 6.03 Å². The molecule has 4 N–H and O–H groups in total. The first-order valence-corrected chi connectivity index (χ1v) is 8.99. The molecule has 0 unspecified atom stereocenters. The number of hydrogen-bond donors (Lipinski definition) is 3. The van der Waals surface area contributed by atoms with Crippen LogP contribution in [0.2, 0.25) is 0 Å². The van der Waals surface area contributed by atoms with Gasteiger partial charge < -0.3 is 16.0 Å². The first-order chi connectivity index (χ1) is 13.1. The van der Waals surface area contributed by atoms with Gasteiger partial charge in [0.25, 0.3) is 0 Å². The minimum Gasteiger partial charge on any atom is -0.352 e. The van der Waals surface area contributed by atoms with Crippen molar-refractivity contribution in [3.05, 3.63) is 53.7 Å². The number of urea groups is 1. The third-order valence-electron chi connectivity index (χ3n) is 4.97. The summed E-state index contributed by atoms with van der Waals surface area (Å²) in [6.07, 6.45) is 0.974. The lowest BCUT2D eigenvalue weighted by atomic mass is 9.96. The Kier molecular flexibility index (Phi) is 4.50. The summed E-state index contributed by atoms with van der Waals surface area (Å²) in [7, 11) is 0. The average molecular weight is 363 g/mol. The van der Waals surface area contributed by atoms with Gasteiger partial charge in [0, 0.05) is 49.3 Å². The van der Waals surface area contributed by atoms with Gasteiger partial charge in [-0.3, -0.25) is 9.89 Å². The molecule has 0 saturated carbocycles. The molecule has 0 saturated heterocycles. The Labute approximate surface area is 156 Å². The standard InChI is InChI=1S/C20H21N5O2/c21-20(27)22-10-8-18(26)25-11-9-17-16(12-25)19(24-23-17)15-7-3-5-13-4-1-2-6-14(13)15/h1-7H,8-12H2,(H,23,24)(H3,21,22,27). The minimum atomic E-state index is -0.614. The zero-order valence-electron chi connectivity index (χ0n) is 14.9. The number of aromatic amines is 1. The van der Waals surface area contributed by atoms with E-state index in [1.165, 1.54) is 0 Å². The Balaban J connectivity index is 1.60. The van der Waals surface area contributed by atoms with E-state index in [1.54, 1.807) is 0 Å². The van der Waals surface area contributed by atoms with E-state index >= 15 is 0 Å². The van der Waals surface area contributed by atoms with E-state index in [0.717, 1.165) is 39.7 Å². The van der Waals surface area contributed by atoms with Crippen LogP contribution in [0.3, 0.4) is 0 Å². The summed E-state index contributed by atoms with van der Waals surface area (Å²) in [5, 5.41) is 12.5. The second-order valence-electron chi connectivity index (χ2n) is 6.66. The van der Waals surface area contributed by atoms with Crippen molar-refractivity contribution in [2.24, 2.45) is 5.73 Å². The highest BCUT2D eigenvalue weighted by atomic mass is 16.2. The fourth-order valence-electron chi connectivity index (χ4n) is 3.61. The van der Waals surface area contributed by atoms with E-state index in [1.807, 2.05) is 23.1 Å². The van der Waals surface area contributed by atoms with Crippen LogP contribution in [0.15, 0.2) is 42.5 Å². The Morgan fingerprint density at radius 2 is 2.00 bits per heavy atom. The number of primary amides is 1. The molecule has 3 amide bonds. The van der Waals surface area contributed by atoms with Crippen LogP contribution >= 0.6 is 0 Å². The van der Waals surface area contributed by atoms with Gasteiger partial charge in [0.2, 0.25) is 5.91 Å². The molecule has 0 aliphatic carbocycles. The van der Waals surface area contributed by atoms with Crippen molar-refractivity contribution in [2.45, 2.75) is 19.4 Å². The van der Waals surface area contributed by atoms with Gasteiger partial charge in [-0.2, -0.15) is 5.10 Å². The number of rotatable bonds is 4. The summed E-state index contributed by atoms with van der Waals surface area (Å²) in [6, 6.07) is 13.8. The maximum atomic E-state index is 12.5. The van der Waals surface area contributed by atoms with E-state index in [2.05, 4.69) is 39.8 Å². The lowest BCUT2D eigenvalue weighted by Gasteiger charge is -2.27. The van der Waals surface area contributed by atoms with E-state index in [0.29, 0.717) is 13.1 Å². The average Bonchev–Trinajstić information content (AvgIpc) is 3.10. The number of H-pyrrole nitrogens is 1. The number of nitrogens with two attached hydrogens (primary N) is 1. The van der Waals surface area contributed by atoms with Crippen LogP contribution in [0.25, 0.3) is 22.0 Å². The fourth-order valence-corrected chi connectivity index (χ4v) is 3.61. The van der Waals surface area contributed by atoms with Crippen LogP contribution in [0.1, 0.15) is 17.7 Å². The van der Waals surface area contributed by atoms with Crippen LogP contribution in [-0.4, -0.2) is 40.1 Å². The third-order valence-corrected chi connectivity index (χ3v) is 4.97. The molecule has 1 aliphatic rings. The van der Waals surface area contributed by atoms with Gasteiger partial charge in [0.05, 0.1) is 5.69 Å². The van der Waals surface area contributed by atoms with Crippen molar-refractivity contribution in [1.29, 1.82) is 0 Å². The molecule has 0 radical (unpaired) electrons. The molecule has 0 spiro atoms. The highest BCUT2D eigenvalue weighted by Gasteiger charge is 2.26. The van der Waals surface area contributed by atoms with Gasteiger partial charge in [-0.05, 0) is 10.8 Å². The SMILES string of the molecule is NC(=O)NCCC(=O)N1CCc2[nH]nc(-c3cccc4ccccc34)c2C1. The number of aromatic nitrogens is 2. The molecule has 0 bridgehead atoms. The quantitative estimate of drug-likeness (QED) is 0.662. The first kappa shape index (κ1) is 17.1. The molecular weight excluding hydrogens is 342 g/mol. The van der Waals surface area contributed by atoms with Gasteiger partial charge in [-0.1, -0.05) is 42.5 Å².